The van der Waals surface area contributed by atoms with E-state index in [2.05, 4.69) is 0 Å². The van der Waals surface area contributed by atoms with E-state index < -0.39 is 5.92 Å². The minimum atomic E-state index is -0.513. The molecule has 1 unspecified atom stereocenters. The van der Waals surface area contributed by atoms with E-state index in [1.54, 1.807) is 11.0 Å². The Hall–Kier alpha value is -1.55. The fraction of sp³-hybridized carbons (Fsp3) is 0.500. The van der Waals surface area contributed by atoms with Gasteiger partial charge in [-0.1, -0.05) is 17.7 Å². The first-order valence-corrected chi connectivity index (χ1v) is 7.82. The second-order valence-electron chi connectivity index (χ2n) is 5.79. The zero-order chi connectivity index (χ0) is 15.0. The monoisotopic (exact) mass is 306 g/mol. The average Bonchev–Trinajstić information content (AvgIpc) is 3.11. The van der Waals surface area contributed by atoms with Gasteiger partial charge in [0.15, 0.2) is 0 Å². The highest BCUT2D eigenvalue weighted by Gasteiger charge is 2.40. The van der Waals surface area contributed by atoms with Crippen molar-refractivity contribution in [2.75, 3.05) is 24.5 Å². The van der Waals surface area contributed by atoms with Crippen molar-refractivity contribution >= 4 is 29.1 Å². The Labute approximate surface area is 129 Å². The molecule has 2 heterocycles. The summed E-state index contributed by atoms with van der Waals surface area (Å²) in [7, 11) is 0. The van der Waals surface area contributed by atoms with E-state index in [0.29, 0.717) is 18.0 Å². The lowest BCUT2D eigenvalue weighted by Crippen LogP contribution is -2.38. The van der Waals surface area contributed by atoms with Crippen LogP contribution in [-0.4, -0.2) is 36.3 Å². The molecule has 3 rings (SSSR count). The van der Waals surface area contributed by atoms with Crippen LogP contribution >= 0.6 is 11.6 Å². The first-order valence-electron chi connectivity index (χ1n) is 7.44. The number of rotatable bonds is 2. The molecule has 1 aromatic carbocycles. The standard InChI is InChI=1S/C16H19ClN2O2/c1-11-4-5-12(17)10-14(11)19-9-6-13(16(19)21)15(20)18-7-2-3-8-18/h4-5,10,13H,2-3,6-9H2,1H3. The third kappa shape index (κ3) is 2.64. The number of benzene rings is 1. The van der Waals surface area contributed by atoms with Crippen molar-refractivity contribution in [3.05, 3.63) is 28.8 Å². The van der Waals surface area contributed by atoms with Crippen molar-refractivity contribution < 1.29 is 9.59 Å². The maximum absolute atomic E-state index is 12.6. The lowest BCUT2D eigenvalue weighted by Gasteiger charge is -2.21. The van der Waals surface area contributed by atoms with Gasteiger partial charge in [-0.2, -0.15) is 0 Å². The Morgan fingerprint density at radius 1 is 1.24 bits per heavy atom. The molecule has 2 aliphatic heterocycles. The maximum atomic E-state index is 12.6. The first-order chi connectivity index (χ1) is 10.1. The zero-order valence-corrected chi connectivity index (χ0v) is 12.9. The van der Waals surface area contributed by atoms with Crippen LogP contribution < -0.4 is 4.90 Å². The number of hydrogen-bond acceptors (Lipinski definition) is 2. The highest BCUT2D eigenvalue weighted by atomic mass is 35.5. The summed E-state index contributed by atoms with van der Waals surface area (Å²) < 4.78 is 0. The van der Waals surface area contributed by atoms with Crippen molar-refractivity contribution in [2.24, 2.45) is 5.92 Å². The first kappa shape index (κ1) is 14.4. The molecule has 2 fully saturated rings. The maximum Gasteiger partial charge on any atom is 0.239 e. The van der Waals surface area contributed by atoms with Crippen molar-refractivity contribution in [3.63, 3.8) is 0 Å². The Morgan fingerprint density at radius 2 is 1.95 bits per heavy atom. The van der Waals surface area contributed by atoms with Crippen molar-refractivity contribution in [1.29, 1.82) is 0 Å². The number of nitrogens with zero attached hydrogens (tertiary/aromatic N) is 2. The van der Waals surface area contributed by atoms with Gasteiger partial charge in [0.25, 0.3) is 0 Å². The average molecular weight is 307 g/mol. The van der Waals surface area contributed by atoms with Crippen LogP contribution in [0.2, 0.25) is 5.02 Å². The molecule has 0 saturated carbocycles. The van der Waals surface area contributed by atoms with E-state index in [1.165, 1.54) is 0 Å². The van der Waals surface area contributed by atoms with Gasteiger partial charge in [0, 0.05) is 30.3 Å². The summed E-state index contributed by atoms with van der Waals surface area (Å²) in [5, 5.41) is 0.609. The summed E-state index contributed by atoms with van der Waals surface area (Å²) >= 11 is 6.03. The van der Waals surface area contributed by atoms with Crippen LogP contribution in [0.5, 0.6) is 0 Å². The summed E-state index contributed by atoms with van der Waals surface area (Å²) in [6, 6.07) is 5.52. The molecule has 0 aliphatic carbocycles. The van der Waals surface area contributed by atoms with Crippen LogP contribution in [0.1, 0.15) is 24.8 Å². The number of likely N-dealkylation sites (tertiary alicyclic amines) is 1. The summed E-state index contributed by atoms with van der Waals surface area (Å²) in [6.45, 7) is 4.12. The third-order valence-corrected chi connectivity index (χ3v) is 4.62. The molecule has 4 nitrogen and oxygen atoms in total. The minimum Gasteiger partial charge on any atom is -0.342 e. The van der Waals surface area contributed by atoms with Gasteiger partial charge in [-0.3, -0.25) is 9.59 Å². The number of amides is 2. The summed E-state index contributed by atoms with van der Waals surface area (Å²) in [5.74, 6) is -0.599. The Morgan fingerprint density at radius 3 is 2.67 bits per heavy atom. The number of carbonyl (C=O) groups is 2. The van der Waals surface area contributed by atoms with E-state index in [-0.39, 0.29) is 11.8 Å². The molecule has 0 spiro atoms. The quantitative estimate of drug-likeness (QED) is 0.788. The lowest BCUT2D eigenvalue weighted by atomic mass is 10.1. The fourth-order valence-electron chi connectivity index (χ4n) is 3.18. The van der Waals surface area contributed by atoms with Crippen LogP contribution in [0.25, 0.3) is 0 Å². The van der Waals surface area contributed by atoms with Gasteiger partial charge in [-0.15, -0.1) is 0 Å². The lowest BCUT2D eigenvalue weighted by molar-refractivity contribution is -0.139. The van der Waals surface area contributed by atoms with Gasteiger partial charge in [-0.25, -0.2) is 0 Å². The van der Waals surface area contributed by atoms with Crippen LogP contribution in [0.15, 0.2) is 18.2 Å². The third-order valence-electron chi connectivity index (χ3n) is 4.38. The van der Waals surface area contributed by atoms with Gasteiger partial charge < -0.3 is 9.80 Å². The van der Waals surface area contributed by atoms with E-state index in [9.17, 15) is 9.59 Å². The molecule has 2 amide bonds. The molecule has 0 radical (unpaired) electrons. The summed E-state index contributed by atoms with van der Waals surface area (Å²) in [6.07, 6.45) is 2.69. The molecular weight excluding hydrogens is 288 g/mol. The van der Waals surface area contributed by atoms with Gasteiger partial charge in [0.2, 0.25) is 11.8 Å². The number of halogens is 1. The van der Waals surface area contributed by atoms with Crippen LogP contribution in [0.3, 0.4) is 0 Å². The molecule has 2 aliphatic rings. The van der Waals surface area contributed by atoms with Crippen LogP contribution in [0.4, 0.5) is 5.69 Å². The minimum absolute atomic E-state index is 0.000295. The van der Waals surface area contributed by atoms with Gasteiger partial charge in [0.05, 0.1) is 0 Å². The highest BCUT2D eigenvalue weighted by Crippen LogP contribution is 2.31. The molecule has 112 valence electrons. The summed E-state index contributed by atoms with van der Waals surface area (Å²) in [5.41, 5.74) is 1.83. The largest absolute Gasteiger partial charge is 0.342 e. The van der Waals surface area contributed by atoms with E-state index in [1.807, 2.05) is 24.0 Å². The zero-order valence-electron chi connectivity index (χ0n) is 12.1. The van der Waals surface area contributed by atoms with Gasteiger partial charge >= 0.3 is 0 Å². The van der Waals surface area contributed by atoms with Crippen molar-refractivity contribution in [1.82, 2.24) is 4.90 Å². The van der Waals surface area contributed by atoms with Crippen LogP contribution in [0, 0.1) is 12.8 Å². The molecular formula is C16H19ClN2O2. The predicted octanol–water partition coefficient (Wildman–Crippen LogP) is 2.62. The number of carbonyl (C=O) groups excluding carboxylic acids is 2. The van der Waals surface area contributed by atoms with Crippen molar-refractivity contribution in [2.45, 2.75) is 26.2 Å². The second-order valence-corrected chi connectivity index (χ2v) is 6.23. The van der Waals surface area contributed by atoms with E-state index in [0.717, 1.165) is 37.2 Å². The smallest absolute Gasteiger partial charge is 0.239 e. The Balaban J connectivity index is 1.80. The molecule has 5 heteroatoms. The normalized spacial score (nSPS) is 22.2. The fourth-order valence-corrected chi connectivity index (χ4v) is 3.35. The van der Waals surface area contributed by atoms with Gasteiger partial charge in [0.1, 0.15) is 5.92 Å². The molecule has 1 atom stereocenters. The molecule has 2 saturated heterocycles. The Bertz CT molecular complexity index is 582. The number of aryl methyl sites for hydroxylation is 1. The van der Waals surface area contributed by atoms with Crippen LogP contribution in [-0.2, 0) is 9.59 Å². The predicted molar refractivity (Wildman–Crippen MR) is 82.5 cm³/mol. The van der Waals surface area contributed by atoms with Crippen molar-refractivity contribution in [3.8, 4) is 0 Å². The SMILES string of the molecule is Cc1ccc(Cl)cc1N1CCC(C(=O)N2CCCC2)C1=O. The molecule has 0 bridgehead atoms. The highest BCUT2D eigenvalue weighted by molar-refractivity contribution is 6.31. The van der Waals surface area contributed by atoms with E-state index in [4.69, 9.17) is 11.6 Å². The Kier molecular flexibility index (Phi) is 3.89. The number of hydrogen-bond donors (Lipinski definition) is 0. The topological polar surface area (TPSA) is 40.6 Å². The molecule has 21 heavy (non-hydrogen) atoms. The second kappa shape index (κ2) is 5.68. The number of anilines is 1. The molecule has 0 N–H and O–H groups in total. The van der Waals surface area contributed by atoms with E-state index >= 15 is 0 Å². The molecule has 1 aromatic rings. The summed E-state index contributed by atoms with van der Waals surface area (Å²) in [4.78, 5) is 28.6. The van der Waals surface area contributed by atoms with Gasteiger partial charge in [-0.05, 0) is 43.9 Å². The molecule has 0 aromatic heterocycles.